The van der Waals surface area contributed by atoms with E-state index in [9.17, 15) is 14.9 Å². The molecule has 9 nitrogen and oxygen atoms in total. The number of rotatable bonds is 5. The predicted octanol–water partition coefficient (Wildman–Crippen LogP) is 0.173. The van der Waals surface area contributed by atoms with Gasteiger partial charge in [-0.15, -0.1) is 0 Å². The van der Waals surface area contributed by atoms with Crippen molar-refractivity contribution >= 4 is 11.7 Å². The first kappa shape index (κ1) is 12.7. The van der Waals surface area contributed by atoms with Crippen LogP contribution in [-0.2, 0) is 17.9 Å². The normalized spacial score (nSPS) is 10.4. The number of hydrogen-bond donors (Lipinski definition) is 1. The van der Waals surface area contributed by atoms with E-state index in [2.05, 4.69) is 15.1 Å². The van der Waals surface area contributed by atoms with Crippen molar-refractivity contribution < 1.29 is 9.72 Å². The zero-order valence-corrected chi connectivity index (χ0v) is 10.2. The van der Waals surface area contributed by atoms with Crippen LogP contribution in [0.4, 0.5) is 5.82 Å². The molecule has 0 bridgehead atoms. The number of likely N-dealkylation sites (N-methyl/N-ethyl adjacent to an activating group) is 1. The third-order valence-electron chi connectivity index (χ3n) is 2.48. The Hall–Kier alpha value is -2.71. The Morgan fingerprint density at radius 1 is 1.63 bits per heavy atom. The van der Waals surface area contributed by atoms with Crippen LogP contribution in [0.5, 0.6) is 0 Å². The highest BCUT2D eigenvalue weighted by atomic mass is 16.6. The van der Waals surface area contributed by atoms with Crippen LogP contribution in [0.1, 0.15) is 5.82 Å². The summed E-state index contributed by atoms with van der Waals surface area (Å²) in [5.41, 5.74) is 0. The van der Waals surface area contributed by atoms with E-state index in [0.717, 1.165) is 0 Å². The first-order chi connectivity index (χ1) is 9.06. The van der Waals surface area contributed by atoms with Gasteiger partial charge in [0.2, 0.25) is 5.91 Å². The standard InChI is InChI=1S/C10H12N6O3/c1-14(6-8-11-3-4-12-8)10(17)7-15-5-2-9(13-15)16(18)19/h2-5H,6-7H2,1H3,(H,11,12). The first-order valence-corrected chi connectivity index (χ1v) is 5.46. The van der Waals surface area contributed by atoms with Crippen molar-refractivity contribution in [2.45, 2.75) is 13.1 Å². The largest absolute Gasteiger partial charge is 0.389 e. The van der Waals surface area contributed by atoms with Gasteiger partial charge in [0.1, 0.15) is 12.4 Å². The first-order valence-electron chi connectivity index (χ1n) is 5.46. The minimum absolute atomic E-state index is 0.0505. The monoisotopic (exact) mass is 264 g/mol. The molecule has 2 heterocycles. The number of nitro groups is 1. The zero-order valence-electron chi connectivity index (χ0n) is 10.2. The Kier molecular flexibility index (Phi) is 3.55. The molecule has 0 saturated heterocycles. The molecule has 1 N–H and O–H groups in total. The average Bonchev–Trinajstić information content (AvgIpc) is 2.99. The highest BCUT2D eigenvalue weighted by molar-refractivity contribution is 5.75. The molecule has 19 heavy (non-hydrogen) atoms. The quantitative estimate of drug-likeness (QED) is 0.611. The molecule has 2 aromatic heterocycles. The van der Waals surface area contributed by atoms with Gasteiger partial charge in [0, 0.05) is 19.4 Å². The van der Waals surface area contributed by atoms with Crippen LogP contribution in [0.25, 0.3) is 0 Å². The van der Waals surface area contributed by atoms with E-state index in [1.54, 1.807) is 19.4 Å². The van der Waals surface area contributed by atoms with Gasteiger partial charge in [-0.25, -0.2) is 4.98 Å². The van der Waals surface area contributed by atoms with E-state index in [4.69, 9.17) is 0 Å². The van der Waals surface area contributed by atoms with Crippen molar-refractivity contribution in [1.82, 2.24) is 24.6 Å². The Morgan fingerprint density at radius 3 is 3.00 bits per heavy atom. The minimum Gasteiger partial charge on any atom is -0.358 e. The second kappa shape index (κ2) is 5.29. The van der Waals surface area contributed by atoms with Gasteiger partial charge in [-0.3, -0.25) is 4.79 Å². The maximum Gasteiger partial charge on any atom is 0.389 e. The lowest BCUT2D eigenvalue weighted by molar-refractivity contribution is -0.389. The summed E-state index contributed by atoms with van der Waals surface area (Å²) in [6, 6.07) is 1.25. The Balaban J connectivity index is 1.94. The second-order valence-corrected chi connectivity index (χ2v) is 3.91. The Morgan fingerprint density at radius 2 is 2.42 bits per heavy atom. The summed E-state index contributed by atoms with van der Waals surface area (Å²) in [5, 5.41) is 14.1. The van der Waals surface area contributed by atoms with Gasteiger partial charge in [0.15, 0.2) is 0 Å². The second-order valence-electron chi connectivity index (χ2n) is 3.91. The van der Waals surface area contributed by atoms with Gasteiger partial charge in [0.05, 0.1) is 23.9 Å². The van der Waals surface area contributed by atoms with Gasteiger partial charge in [0.25, 0.3) is 0 Å². The molecular formula is C10H12N6O3. The predicted molar refractivity (Wildman–Crippen MR) is 63.9 cm³/mol. The highest BCUT2D eigenvalue weighted by Gasteiger charge is 2.16. The number of amides is 1. The summed E-state index contributed by atoms with van der Waals surface area (Å²) in [6.07, 6.45) is 4.67. The van der Waals surface area contributed by atoms with Crippen molar-refractivity contribution in [2.24, 2.45) is 0 Å². The van der Waals surface area contributed by atoms with E-state index in [-0.39, 0.29) is 18.3 Å². The number of carbonyl (C=O) groups excluding carboxylic acids is 1. The Labute approximate surface area is 108 Å². The average molecular weight is 264 g/mol. The van der Waals surface area contributed by atoms with Gasteiger partial charge in [-0.05, 0) is 4.92 Å². The van der Waals surface area contributed by atoms with Crippen LogP contribution in [0.2, 0.25) is 0 Å². The topological polar surface area (TPSA) is 110 Å². The summed E-state index contributed by atoms with van der Waals surface area (Å²) in [7, 11) is 1.63. The van der Waals surface area contributed by atoms with Crippen LogP contribution in [0, 0.1) is 10.1 Å². The molecule has 0 spiro atoms. The molecule has 0 unspecified atom stereocenters. The van der Waals surface area contributed by atoms with Crippen LogP contribution < -0.4 is 0 Å². The summed E-state index contributed by atoms with van der Waals surface area (Å²) in [6.45, 7) is 0.292. The molecule has 2 aromatic rings. The molecule has 0 saturated carbocycles. The molecule has 0 aliphatic heterocycles. The number of nitrogens with one attached hydrogen (secondary N) is 1. The van der Waals surface area contributed by atoms with Crippen molar-refractivity contribution in [1.29, 1.82) is 0 Å². The minimum atomic E-state index is -0.604. The lowest BCUT2D eigenvalue weighted by atomic mass is 10.4. The van der Waals surface area contributed by atoms with E-state index < -0.39 is 4.92 Å². The van der Waals surface area contributed by atoms with E-state index in [0.29, 0.717) is 12.4 Å². The third kappa shape index (κ3) is 3.15. The number of aromatic amines is 1. The van der Waals surface area contributed by atoms with Crippen LogP contribution in [0.15, 0.2) is 24.7 Å². The number of carbonyl (C=O) groups is 1. The molecule has 0 aromatic carbocycles. The maximum atomic E-state index is 11.9. The SMILES string of the molecule is CN(Cc1ncc[nH]1)C(=O)Cn1ccc([N+](=O)[O-])n1. The molecule has 1 amide bonds. The molecule has 2 rings (SSSR count). The number of nitrogens with zero attached hydrogens (tertiary/aromatic N) is 5. The van der Waals surface area contributed by atoms with Crippen molar-refractivity contribution in [2.75, 3.05) is 7.05 Å². The highest BCUT2D eigenvalue weighted by Crippen LogP contribution is 2.06. The van der Waals surface area contributed by atoms with E-state index >= 15 is 0 Å². The molecule has 0 radical (unpaired) electrons. The van der Waals surface area contributed by atoms with Gasteiger partial charge in [-0.1, -0.05) is 0 Å². The number of hydrogen-bond acceptors (Lipinski definition) is 5. The molecule has 0 aliphatic carbocycles. The third-order valence-corrected chi connectivity index (χ3v) is 2.48. The lowest BCUT2D eigenvalue weighted by Crippen LogP contribution is -2.30. The smallest absolute Gasteiger partial charge is 0.358 e. The van der Waals surface area contributed by atoms with Crippen molar-refractivity contribution in [3.63, 3.8) is 0 Å². The van der Waals surface area contributed by atoms with Crippen molar-refractivity contribution in [3.05, 3.63) is 40.6 Å². The molecule has 0 aliphatic rings. The fourth-order valence-electron chi connectivity index (χ4n) is 1.49. The fourth-order valence-corrected chi connectivity index (χ4v) is 1.49. The number of aromatic nitrogens is 4. The summed E-state index contributed by atoms with van der Waals surface area (Å²) < 4.78 is 1.24. The van der Waals surface area contributed by atoms with Crippen LogP contribution in [0.3, 0.4) is 0 Å². The van der Waals surface area contributed by atoms with E-state index in [1.165, 1.54) is 21.8 Å². The molecule has 100 valence electrons. The summed E-state index contributed by atoms with van der Waals surface area (Å²) in [5.74, 6) is 0.179. The van der Waals surface area contributed by atoms with Crippen LogP contribution >= 0.6 is 0 Å². The molecule has 9 heteroatoms. The van der Waals surface area contributed by atoms with Crippen molar-refractivity contribution in [3.8, 4) is 0 Å². The molecule has 0 atom stereocenters. The van der Waals surface area contributed by atoms with Gasteiger partial charge < -0.3 is 20.0 Å². The fraction of sp³-hybridized carbons (Fsp3) is 0.300. The zero-order chi connectivity index (χ0) is 13.8. The number of H-pyrrole nitrogens is 1. The molecular weight excluding hydrogens is 252 g/mol. The van der Waals surface area contributed by atoms with Crippen LogP contribution in [-0.4, -0.2) is 42.5 Å². The molecule has 0 fully saturated rings. The van der Waals surface area contributed by atoms with Gasteiger partial charge >= 0.3 is 5.82 Å². The lowest BCUT2D eigenvalue weighted by Gasteiger charge is -2.14. The summed E-state index contributed by atoms with van der Waals surface area (Å²) in [4.78, 5) is 30.1. The Bertz CT molecular complexity index is 576. The maximum absolute atomic E-state index is 11.9. The number of imidazole rings is 1. The summed E-state index contributed by atoms with van der Waals surface area (Å²) >= 11 is 0. The van der Waals surface area contributed by atoms with E-state index in [1.807, 2.05) is 0 Å². The van der Waals surface area contributed by atoms with Gasteiger partial charge in [-0.2, -0.15) is 4.68 Å².